The molecule has 0 spiro atoms. The van der Waals surface area contributed by atoms with E-state index in [1.54, 1.807) is 18.2 Å². The van der Waals surface area contributed by atoms with Crippen LogP contribution in [-0.4, -0.2) is 24.1 Å². The predicted octanol–water partition coefficient (Wildman–Crippen LogP) is 3.18. The Balaban J connectivity index is 2.05. The maximum atomic E-state index is 12.3. The minimum atomic E-state index is -0.827. The topological polar surface area (TPSA) is 75.6 Å². The van der Waals surface area contributed by atoms with Crippen LogP contribution in [0.1, 0.15) is 25.7 Å². The fourth-order valence-electron chi connectivity index (χ4n) is 2.61. The molecule has 0 aliphatic heterocycles. The van der Waals surface area contributed by atoms with Crippen LogP contribution in [0.25, 0.3) is 0 Å². The molecule has 0 aromatic heterocycles. The van der Waals surface area contributed by atoms with Crippen LogP contribution in [-0.2, 0) is 9.59 Å². The van der Waals surface area contributed by atoms with Crippen molar-refractivity contribution < 1.29 is 19.4 Å². The fourth-order valence-corrected chi connectivity index (χ4v) is 2.78. The summed E-state index contributed by atoms with van der Waals surface area (Å²) >= 11 is 6.05. The van der Waals surface area contributed by atoms with Crippen molar-refractivity contribution in [2.45, 2.75) is 25.7 Å². The van der Waals surface area contributed by atoms with E-state index in [4.69, 9.17) is 21.4 Å². The van der Waals surface area contributed by atoms with Crippen molar-refractivity contribution >= 4 is 29.2 Å². The minimum Gasteiger partial charge on any atom is -0.497 e. The highest BCUT2D eigenvalue weighted by Gasteiger charge is 2.31. The van der Waals surface area contributed by atoms with Crippen molar-refractivity contribution in [2.24, 2.45) is 11.8 Å². The van der Waals surface area contributed by atoms with Crippen LogP contribution in [0.5, 0.6) is 5.75 Å². The molecule has 1 amide bonds. The van der Waals surface area contributed by atoms with E-state index < -0.39 is 11.9 Å². The molecule has 0 heterocycles. The lowest BCUT2D eigenvalue weighted by Gasteiger charge is -2.25. The Bertz CT molecular complexity index is 546. The van der Waals surface area contributed by atoms with E-state index in [-0.39, 0.29) is 11.8 Å². The maximum absolute atomic E-state index is 12.3. The highest BCUT2D eigenvalue weighted by Crippen LogP contribution is 2.32. The molecule has 2 rings (SSSR count). The van der Waals surface area contributed by atoms with Gasteiger partial charge in [-0.25, -0.2) is 0 Å². The average molecular weight is 312 g/mol. The number of amides is 1. The summed E-state index contributed by atoms with van der Waals surface area (Å²) in [5, 5.41) is 12.3. The Morgan fingerprint density at radius 3 is 2.71 bits per heavy atom. The SMILES string of the molecule is COc1ccc(Cl)c(NC(=O)C2CCCC(C(=O)O)C2)c1. The molecule has 0 saturated heterocycles. The van der Waals surface area contributed by atoms with E-state index in [0.29, 0.717) is 35.7 Å². The van der Waals surface area contributed by atoms with E-state index in [1.165, 1.54) is 7.11 Å². The third kappa shape index (κ3) is 3.88. The summed E-state index contributed by atoms with van der Waals surface area (Å²) < 4.78 is 5.10. The second kappa shape index (κ2) is 6.80. The number of anilines is 1. The summed E-state index contributed by atoms with van der Waals surface area (Å²) in [7, 11) is 1.54. The molecular weight excluding hydrogens is 294 g/mol. The first-order valence-corrected chi connectivity index (χ1v) is 7.26. The molecule has 114 valence electrons. The van der Waals surface area contributed by atoms with Gasteiger partial charge >= 0.3 is 5.97 Å². The molecule has 1 aliphatic rings. The van der Waals surface area contributed by atoms with Crippen LogP contribution in [0.4, 0.5) is 5.69 Å². The number of carboxylic acid groups (broad SMARTS) is 1. The van der Waals surface area contributed by atoms with E-state index in [1.807, 2.05) is 0 Å². The van der Waals surface area contributed by atoms with E-state index >= 15 is 0 Å². The highest BCUT2D eigenvalue weighted by atomic mass is 35.5. The number of carbonyl (C=O) groups excluding carboxylic acids is 1. The number of halogens is 1. The first-order valence-electron chi connectivity index (χ1n) is 6.88. The molecule has 0 bridgehead atoms. The van der Waals surface area contributed by atoms with Gasteiger partial charge in [0, 0.05) is 12.0 Å². The third-order valence-electron chi connectivity index (χ3n) is 3.83. The zero-order valence-corrected chi connectivity index (χ0v) is 12.5. The van der Waals surface area contributed by atoms with Gasteiger partial charge in [0.2, 0.25) is 5.91 Å². The number of carboxylic acids is 1. The highest BCUT2D eigenvalue weighted by molar-refractivity contribution is 6.33. The lowest BCUT2D eigenvalue weighted by Crippen LogP contribution is -2.31. The summed E-state index contributed by atoms with van der Waals surface area (Å²) in [6, 6.07) is 5.01. The monoisotopic (exact) mass is 311 g/mol. The molecule has 5 nitrogen and oxygen atoms in total. The molecule has 1 fully saturated rings. The molecule has 2 unspecified atom stereocenters. The Kier molecular flexibility index (Phi) is 5.07. The van der Waals surface area contributed by atoms with Crippen molar-refractivity contribution in [3.8, 4) is 5.75 Å². The Morgan fingerprint density at radius 1 is 1.33 bits per heavy atom. The van der Waals surface area contributed by atoms with Crippen molar-refractivity contribution in [3.63, 3.8) is 0 Å². The summed E-state index contributed by atoms with van der Waals surface area (Å²) in [5.74, 6) is -1.14. The van der Waals surface area contributed by atoms with Gasteiger partial charge in [-0.05, 0) is 31.4 Å². The normalized spacial score (nSPS) is 21.6. The number of hydrogen-bond acceptors (Lipinski definition) is 3. The molecular formula is C15H18ClNO4. The van der Waals surface area contributed by atoms with Gasteiger partial charge in [0.15, 0.2) is 0 Å². The average Bonchev–Trinajstić information content (AvgIpc) is 2.49. The van der Waals surface area contributed by atoms with E-state index in [2.05, 4.69) is 5.32 Å². The van der Waals surface area contributed by atoms with Crippen molar-refractivity contribution in [1.82, 2.24) is 0 Å². The number of aliphatic carboxylic acids is 1. The smallest absolute Gasteiger partial charge is 0.306 e. The Hall–Kier alpha value is -1.75. The summed E-state index contributed by atoms with van der Waals surface area (Å²) in [5.41, 5.74) is 0.485. The van der Waals surface area contributed by atoms with Gasteiger partial charge in [-0.1, -0.05) is 18.0 Å². The van der Waals surface area contributed by atoms with Gasteiger partial charge in [-0.15, -0.1) is 0 Å². The number of rotatable bonds is 4. The largest absolute Gasteiger partial charge is 0.497 e. The Morgan fingerprint density at radius 2 is 2.05 bits per heavy atom. The maximum Gasteiger partial charge on any atom is 0.306 e. The van der Waals surface area contributed by atoms with Crippen molar-refractivity contribution in [2.75, 3.05) is 12.4 Å². The predicted molar refractivity (Wildman–Crippen MR) is 79.7 cm³/mol. The van der Waals surface area contributed by atoms with Crippen LogP contribution in [0.2, 0.25) is 5.02 Å². The van der Waals surface area contributed by atoms with E-state index in [0.717, 1.165) is 6.42 Å². The van der Waals surface area contributed by atoms with Crippen molar-refractivity contribution in [3.05, 3.63) is 23.2 Å². The lowest BCUT2D eigenvalue weighted by atomic mass is 9.81. The summed E-state index contributed by atoms with van der Waals surface area (Å²) in [6.07, 6.45) is 2.47. The number of hydrogen-bond donors (Lipinski definition) is 2. The number of benzene rings is 1. The summed E-state index contributed by atoms with van der Waals surface area (Å²) in [4.78, 5) is 23.3. The minimum absolute atomic E-state index is 0.184. The molecule has 2 atom stereocenters. The van der Waals surface area contributed by atoms with Crippen molar-refractivity contribution in [1.29, 1.82) is 0 Å². The van der Waals surface area contributed by atoms with Crippen LogP contribution >= 0.6 is 11.6 Å². The lowest BCUT2D eigenvalue weighted by molar-refractivity contribution is -0.143. The van der Waals surface area contributed by atoms with Gasteiger partial charge in [0.25, 0.3) is 0 Å². The Labute approximate surface area is 128 Å². The van der Waals surface area contributed by atoms with Crippen LogP contribution in [0.3, 0.4) is 0 Å². The van der Waals surface area contributed by atoms with Gasteiger partial charge < -0.3 is 15.2 Å². The summed E-state index contributed by atoms with van der Waals surface area (Å²) in [6.45, 7) is 0. The zero-order valence-electron chi connectivity index (χ0n) is 11.8. The number of carbonyl (C=O) groups is 2. The quantitative estimate of drug-likeness (QED) is 0.895. The van der Waals surface area contributed by atoms with Gasteiger partial charge in [-0.2, -0.15) is 0 Å². The van der Waals surface area contributed by atoms with Gasteiger partial charge in [0.1, 0.15) is 5.75 Å². The number of nitrogens with one attached hydrogen (secondary N) is 1. The fraction of sp³-hybridized carbons (Fsp3) is 0.467. The van der Waals surface area contributed by atoms with Crippen LogP contribution in [0, 0.1) is 11.8 Å². The first kappa shape index (κ1) is 15.6. The molecule has 6 heteroatoms. The molecule has 1 aromatic carbocycles. The zero-order chi connectivity index (χ0) is 15.4. The third-order valence-corrected chi connectivity index (χ3v) is 4.16. The standard InChI is InChI=1S/C15H18ClNO4/c1-21-11-5-6-12(16)13(8-11)17-14(18)9-3-2-4-10(7-9)15(19)20/h5-6,8-10H,2-4,7H2,1H3,(H,17,18)(H,19,20). The second-order valence-corrected chi connectivity index (χ2v) is 5.64. The molecule has 1 aliphatic carbocycles. The van der Waals surface area contributed by atoms with Gasteiger partial charge in [0.05, 0.1) is 23.7 Å². The molecule has 0 radical (unpaired) electrons. The van der Waals surface area contributed by atoms with Crippen LogP contribution in [0.15, 0.2) is 18.2 Å². The van der Waals surface area contributed by atoms with E-state index in [9.17, 15) is 9.59 Å². The van der Waals surface area contributed by atoms with Gasteiger partial charge in [-0.3, -0.25) is 9.59 Å². The molecule has 21 heavy (non-hydrogen) atoms. The van der Waals surface area contributed by atoms with Crippen LogP contribution < -0.4 is 10.1 Å². The molecule has 2 N–H and O–H groups in total. The second-order valence-electron chi connectivity index (χ2n) is 5.23. The number of ether oxygens (including phenoxy) is 1. The molecule has 1 aromatic rings. The number of methoxy groups -OCH3 is 1. The first-order chi connectivity index (χ1) is 10.0. The molecule has 1 saturated carbocycles.